The average molecular weight is 260 g/mol. The molecule has 1 aromatic carbocycles. The molecule has 0 aliphatic carbocycles. The molecule has 2 unspecified atom stereocenters. The van der Waals surface area contributed by atoms with Crippen LogP contribution in [0.15, 0.2) is 24.3 Å². The van der Waals surface area contributed by atoms with Crippen LogP contribution in [0.5, 0.6) is 5.75 Å². The van der Waals surface area contributed by atoms with Crippen LogP contribution in [-0.2, 0) is 0 Å². The number of ether oxygens (including phenoxy) is 1. The summed E-state index contributed by atoms with van der Waals surface area (Å²) in [6.07, 6.45) is 0.630. The van der Waals surface area contributed by atoms with Gasteiger partial charge in [-0.25, -0.2) is 0 Å². The Morgan fingerprint density at radius 2 is 2.05 bits per heavy atom. The van der Waals surface area contributed by atoms with Gasteiger partial charge in [0.15, 0.2) is 0 Å². The summed E-state index contributed by atoms with van der Waals surface area (Å²) in [5, 5.41) is 12.2. The summed E-state index contributed by atoms with van der Waals surface area (Å²) in [6, 6.07) is 10.4. The Labute approximate surface area is 116 Å². The summed E-state index contributed by atoms with van der Waals surface area (Å²) in [7, 11) is 1.80. The van der Waals surface area contributed by atoms with E-state index in [1.165, 1.54) is 5.56 Å². The minimum absolute atomic E-state index is 0.0143. The Morgan fingerprint density at radius 3 is 2.58 bits per heavy atom. The quantitative estimate of drug-likeness (QED) is 0.851. The zero-order valence-corrected chi connectivity index (χ0v) is 12.5. The lowest BCUT2D eigenvalue weighted by atomic mass is 9.97. The van der Waals surface area contributed by atoms with Gasteiger partial charge >= 0.3 is 0 Å². The van der Waals surface area contributed by atoms with Crippen molar-refractivity contribution in [3.63, 3.8) is 0 Å². The largest absolute Gasteiger partial charge is 0.491 e. The number of benzene rings is 1. The number of hydrogen-bond donors (Lipinski definition) is 1. The van der Waals surface area contributed by atoms with Crippen LogP contribution in [-0.4, -0.2) is 18.7 Å². The third-order valence-corrected chi connectivity index (χ3v) is 3.36. The van der Waals surface area contributed by atoms with E-state index < -0.39 is 5.54 Å². The molecule has 3 nitrogen and oxygen atoms in total. The van der Waals surface area contributed by atoms with Crippen LogP contribution >= 0.6 is 0 Å². The second kappa shape index (κ2) is 6.58. The monoisotopic (exact) mass is 260 g/mol. The van der Waals surface area contributed by atoms with Gasteiger partial charge in [-0.3, -0.25) is 0 Å². The third-order valence-electron chi connectivity index (χ3n) is 3.36. The predicted molar refractivity (Wildman–Crippen MR) is 78.3 cm³/mol. The van der Waals surface area contributed by atoms with Crippen molar-refractivity contribution in [1.29, 1.82) is 5.26 Å². The van der Waals surface area contributed by atoms with Crippen LogP contribution in [0.2, 0.25) is 0 Å². The van der Waals surface area contributed by atoms with Gasteiger partial charge in [0, 0.05) is 6.42 Å². The van der Waals surface area contributed by atoms with Crippen LogP contribution in [0.3, 0.4) is 0 Å². The lowest BCUT2D eigenvalue weighted by molar-refractivity contribution is 0.182. The first kappa shape index (κ1) is 15.5. The highest BCUT2D eigenvalue weighted by atomic mass is 16.5. The molecular formula is C16H24N2O. The second-order valence-electron chi connectivity index (χ2n) is 5.55. The maximum absolute atomic E-state index is 9.15. The molecule has 19 heavy (non-hydrogen) atoms. The molecule has 2 atom stereocenters. The predicted octanol–water partition coefficient (Wildman–Crippen LogP) is 3.47. The van der Waals surface area contributed by atoms with Gasteiger partial charge in [0.25, 0.3) is 0 Å². The van der Waals surface area contributed by atoms with Crippen molar-refractivity contribution in [2.45, 2.75) is 51.7 Å². The molecular weight excluding hydrogens is 236 g/mol. The van der Waals surface area contributed by atoms with Crippen LogP contribution in [0, 0.1) is 11.3 Å². The highest BCUT2D eigenvalue weighted by Gasteiger charge is 2.25. The topological polar surface area (TPSA) is 45.0 Å². The van der Waals surface area contributed by atoms with E-state index in [-0.39, 0.29) is 6.10 Å². The second-order valence-corrected chi connectivity index (χ2v) is 5.55. The van der Waals surface area contributed by atoms with E-state index in [2.05, 4.69) is 37.4 Å². The lowest BCUT2D eigenvalue weighted by Gasteiger charge is -2.25. The van der Waals surface area contributed by atoms with Crippen molar-refractivity contribution in [3.8, 4) is 11.8 Å². The fraction of sp³-hybridized carbons (Fsp3) is 0.562. The smallest absolute Gasteiger partial charge is 0.119 e. The number of nitrogens with one attached hydrogen (secondary N) is 1. The van der Waals surface area contributed by atoms with Gasteiger partial charge < -0.3 is 10.1 Å². The van der Waals surface area contributed by atoms with Gasteiger partial charge in [0.2, 0.25) is 0 Å². The molecule has 1 N–H and O–H groups in total. The summed E-state index contributed by atoms with van der Waals surface area (Å²) in [5.74, 6) is 1.36. The van der Waals surface area contributed by atoms with E-state index in [1.807, 2.05) is 26.0 Å². The van der Waals surface area contributed by atoms with Gasteiger partial charge in [-0.1, -0.05) is 26.0 Å². The summed E-state index contributed by atoms with van der Waals surface area (Å²) >= 11 is 0. The molecule has 104 valence electrons. The summed E-state index contributed by atoms with van der Waals surface area (Å²) in [6.45, 7) is 8.21. The Kier molecular flexibility index (Phi) is 5.38. The Balaban J connectivity index is 2.70. The molecule has 0 aromatic heterocycles. The maximum Gasteiger partial charge on any atom is 0.119 e. The fourth-order valence-electron chi connectivity index (χ4n) is 2.00. The first-order valence-corrected chi connectivity index (χ1v) is 6.77. The van der Waals surface area contributed by atoms with Crippen molar-refractivity contribution in [1.82, 2.24) is 5.32 Å². The van der Waals surface area contributed by atoms with Crippen LogP contribution in [0.4, 0.5) is 0 Å². The highest BCUT2D eigenvalue weighted by molar-refractivity contribution is 5.30. The fourth-order valence-corrected chi connectivity index (χ4v) is 2.00. The Morgan fingerprint density at radius 1 is 1.37 bits per heavy atom. The summed E-state index contributed by atoms with van der Waals surface area (Å²) in [5.41, 5.74) is 0.719. The molecule has 1 rings (SSSR count). The van der Waals surface area contributed by atoms with E-state index >= 15 is 0 Å². The molecule has 0 bridgehead atoms. The summed E-state index contributed by atoms with van der Waals surface area (Å²) in [4.78, 5) is 0. The standard InChI is InChI=1S/C16H24N2O/c1-12(2)14-7-6-8-15(9-14)19-13(3)10-16(4,11-17)18-5/h6-9,12-13,18H,10H2,1-5H3. The van der Waals surface area contributed by atoms with E-state index in [1.54, 1.807) is 7.05 Å². The molecule has 0 heterocycles. The van der Waals surface area contributed by atoms with E-state index in [0.29, 0.717) is 12.3 Å². The summed E-state index contributed by atoms with van der Waals surface area (Å²) < 4.78 is 5.91. The minimum Gasteiger partial charge on any atom is -0.491 e. The molecule has 1 aromatic rings. The number of nitriles is 1. The maximum atomic E-state index is 9.15. The SMILES string of the molecule is CNC(C)(C#N)CC(C)Oc1cccc(C(C)C)c1. The van der Waals surface area contributed by atoms with E-state index in [4.69, 9.17) is 10.00 Å². The van der Waals surface area contributed by atoms with Gasteiger partial charge in [-0.15, -0.1) is 0 Å². The van der Waals surface area contributed by atoms with Crippen molar-refractivity contribution in [2.75, 3.05) is 7.05 Å². The molecule has 0 saturated heterocycles. The van der Waals surface area contributed by atoms with Gasteiger partial charge in [-0.05, 0) is 44.5 Å². The molecule has 0 radical (unpaired) electrons. The van der Waals surface area contributed by atoms with Crippen molar-refractivity contribution in [2.24, 2.45) is 0 Å². The first-order chi connectivity index (χ1) is 8.90. The van der Waals surface area contributed by atoms with Crippen molar-refractivity contribution in [3.05, 3.63) is 29.8 Å². The number of rotatable bonds is 6. The zero-order valence-electron chi connectivity index (χ0n) is 12.5. The van der Waals surface area contributed by atoms with Crippen LogP contribution in [0.1, 0.15) is 45.6 Å². The van der Waals surface area contributed by atoms with Gasteiger partial charge in [-0.2, -0.15) is 5.26 Å². The number of hydrogen-bond acceptors (Lipinski definition) is 3. The van der Waals surface area contributed by atoms with Crippen molar-refractivity contribution >= 4 is 0 Å². The first-order valence-electron chi connectivity index (χ1n) is 6.77. The van der Waals surface area contributed by atoms with E-state index in [9.17, 15) is 0 Å². The van der Waals surface area contributed by atoms with Crippen LogP contribution in [0.25, 0.3) is 0 Å². The molecule has 0 amide bonds. The highest BCUT2D eigenvalue weighted by Crippen LogP contribution is 2.22. The average Bonchev–Trinajstić information content (AvgIpc) is 2.38. The zero-order chi connectivity index (χ0) is 14.5. The molecule has 0 aliphatic rings. The Hall–Kier alpha value is -1.53. The number of nitrogens with zero attached hydrogens (tertiary/aromatic N) is 1. The molecule has 0 saturated carbocycles. The Bertz CT molecular complexity index is 450. The molecule has 0 fully saturated rings. The minimum atomic E-state index is -0.547. The third kappa shape index (κ3) is 4.57. The van der Waals surface area contributed by atoms with E-state index in [0.717, 1.165) is 5.75 Å². The van der Waals surface area contributed by atoms with Crippen molar-refractivity contribution < 1.29 is 4.74 Å². The van der Waals surface area contributed by atoms with Gasteiger partial charge in [0.05, 0.1) is 12.2 Å². The molecule has 0 aliphatic heterocycles. The molecule has 0 spiro atoms. The lowest BCUT2D eigenvalue weighted by Crippen LogP contribution is -2.41. The van der Waals surface area contributed by atoms with Crippen LogP contribution < -0.4 is 10.1 Å². The molecule has 3 heteroatoms. The normalized spacial score (nSPS) is 15.6. The van der Waals surface area contributed by atoms with Gasteiger partial charge in [0.1, 0.15) is 11.3 Å².